The third-order valence-corrected chi connectivity index (χ3v) is 4.91. The molecule has 1 N–H and O–H groups in total. The molecule has 0 fully saturated rings. The van der Waals surface area contributed by atoms with Crippen molar-refractivity contribution in [3.05, 3.63) is 93.5 Å². The van der Waals surface area contributed by atoms with Crippen LogP contribution in [0.1, 0.15) is 22.3 Å². The van der Waals surface area contributed by atoms with Crippen molar-refractivity contribution in [3.63, 3.8) is 0 Å². The van der Waals surface area contributed by atoms with E-state index in [9.17, 15) is 9.90 Å². The zero-order valence-electron chi connectivity index (χ0n) is 15.4. The molecule has 0 spiro atoms. The first kappa shape index (κ1) is 17.2. The summed E-state index contributed by atoms with van der Waals surface area (Å²) < 4.78 is 3.24. The van der Waals surface area contributed by atoms with Crippen molar-refractivity contribution in [2.45, 2.75) is 27.0 Å². The number of aliphatic hydroxyl groups excluding tert-OH is 1. The van der Waals surface area contributed by atoms with Crippen molar-refractivity contribution >= 4 is 5.52 Å². The molecule has 2 heterocycles. The van der Waals surface area contributed by atoms with Crippen LogP contribution >= 0.6 is 0 Å². The molecule has 0 aliphatic carbocycles. The van der Waals surface area contributed by atoms with Gasteiger partial charge in [0.05, 0.1) is 18.8 Å². The number of hydrogen-bond donors (Lipinski definition) is 1. The lowest BCUT2D eigenvalue weighted by atomic mass is 10.1. The Morgan fingerprint density at radius 3 is 2.56 bits per heavy atom. The molecule has 0 aliphatic heterocycles. The number of rotatable bonds is 4. The van der Waals surface area contributed by atoms with Crippen LogP contribution in [0.15, 0.2) is 65.7 Å². The quantitative estimate of drug-likeness (QED) is 0.608. The Bertz CT molecular complexity index is 1170. The molecule has 0 amide bonds. The van der Waals surface area contributed by atoms with E-state index in [1.54, 1.807) is 21.5 Å². The zero-order chi connectivity index (χ0) is 19.0. The van der Waals surface area contributed by atoms with Crippen LogP contribution in [0.5, 0.6) is 0 Å². The Hall–Kier alpha value is -3.18. The number of hydrogen-bond acceptors (Lipinski definition) is 3. The molecule has 0 saturated heterocycles. The molecule has 4 rings (SSSR count). The Morgan fingerprint density at radius 2 is 1.81 bits per heavy atom. The third-order valence-electron chi connectivity index (χ3n) is 4.91. The van der Waals surface area contributed by atoms with Gasteiger partial charge < -0.3 is 9.67 Å². The number of aromatic nitrogens is 3. The summed E-state index contributed by atoms with van der Waals surface area (Å²) in [6.07, 6.45) is 3.52. The summed E-state index contributed by atoms with van der Waals surface area (Å²) >= 11 is 0. The standard InChI is InChI=1S/C22H21N3O2/c1-15-8-9-16(2)18(12-15)13-24-10-11-25-21(22(24)27)19(14-26)20(23-25)17-6-4-3-5-7-17/h3-12,26H,13-14H2,1-2H3. The molecule has 27 heavy (non-hydrogen) atoms. The van der Waals surface area contributed by atoms with Gasteiger partial charge in [0.25, 0.3) is 5.56 Å². The molecule has 2 aromatic heterocycles. The molecule has 0 unspecified atom stereocenters. The lowest BCUT2D eigenvalue weighted by Crippen LogP contribution is -2.23. The van der Waals surface area contributed by atoms with Gasteiger partial charge in [0.15, 0.2) is 0 Å². The molecule has 0 atom stereocenters. The van der Waals surface area contributed by atoms with Crippen LogP contribution in [0.2, 0.25) is 0 Å². The highest BCUT2D eigenvalue weighted by molar-refractivity contribution is 5.72. The van der Waals surface area contributed by atoms with Gasteiger partial charge in [-0.2, -0.15) is 5.10 Å². The maximum absolute atomic E-state index is 13.1. The van der Waals surface area contributed by atoms with Crippen molar-refractivity contribution in [3.8, 4) is 11.3 Å². The molecule has 4 aromatic rings. The normalized spacial score (nSPS) is 11.2. The first-order chi connectivity index (χ1) is 13.1. The maximum Gasteiger partial charge on any atom is 0.277 e. The number of fused-ring (bicyclic) bond motifs is 1. The smallest absolute Gasteiger partial charge is 0.277 e. The van der Waals surface area contributed by atoms with Crippen LogP contribution in [-0.4, -0.2) is 19.3 Å². The molecule has 2 aromatic carbocycles. The highest BCUT2D eigenvalue weighted by Crippen LogP contribution is 2.24. The minimum Gasteiger partial charge on any atom is -0.392 e. The second-order valence-electron chi connectivity index (χ2n) is 6.81. The van der Waals surface area contributed by atoms with E-state index in [2.05, 4.69) is 23.3 Å². The van der Waals surface area contributed by atoms with Crippen LogP contribution in [-0.2, 0) is 13.2 Å². The molecular weight excluding hydrogens is 338 g/mol. The zero-order valence-corrected chi connectivity index (χ0v) is 15.4. The number of aliphatic hydroxyl groups is 1. The molecule has 0 radical (unpaired) electrons. The van der Waals surface area contributed by atoms with Crippen molar-refractivity contribution < 1.29 is 5.11 Å². The second-order valence-corrected chi connectivity index (χ2v) is 6.81. The van der Waals surface area contributed by atoms with E-state index in [1.807, 2.05) is 44.2 Å². The van der Waals surface area contributed by atoms with E-state index in [4.69, 9.17) is 0 Å². The number of aryl methyl sites for hydroxylation is 2. The summed E-state index contributed by atoms with van der Waals surface area (Å²) in [5, 5.41) is 14.5. The van der Waals surface area contributed by atoms with E-state index >= 15 is 0 Å². The van der Waals surface area contributed by atoms with E-state index in [-0.39, 0.29) is 12.2 Å². The summed E-state index contributed by atoms with van der Waals surface area (Å²) in [7, 11) is 0. The van der Waals surface area contributed by atoms with Gasteiger partial charge in [-0.05, 0) is 25.0 Å². The Balaban J connectivity index is 1.87. The van der Waals surface area contributed by atoms with Crippen molar-refractivity contribution in [2.75, 3.05) is 0 Å². The van der Waals surface area contributed by atoms with Crippen LogP contribution in [0.3, 0.4) is 0 Å². The summed E-state index contributed by atoms with van der Waals surface area (Å²) in [6.45, 7) is 4.34. The summed E-state index contributed by atoms with van der Waals surface area (Å²) in [4.78, 5) is 13.1. The van der Waals surface area contributed by atoms with Gasteiger partial charge in [-0.3, -0.25) is 4.79 Å². The van der Waals surface area contributed by atoms with E-state index < -0.39 is 0 Å². The van der Waals surface area contributed by atoms with Gasteiger partial charge in [0.2, 0.25) is 0 Å². The van der Waals surface area contributed by atoms with Crippen LogP contribution in [0.25, 0.3) is 16.8 Å². The second kappa shape index (κ2) is 6.85. The Morgan fingerprint density at radius 1 is 1.04 bits per heavy atom. The number of benzene rings is 2. The predicted octanol–water partition coefficient (Wildman–Crippen LogP) is 3.32. The Kier molecular flexibility index (Phi) is 4.38. The Labute approximate surface area is 157 Å². The van der Waals surface area contributed by atoms with Crippen LogP contribution in [0.4, 0.5) is 0 Å². The molecule has 5 heteroatoms. The minimum absolute atomic E-state index is 0.155. The molecule has 0 saturated carbocycles. The van der Waals surface area contributed by atoms with E-state index in [0.717, 1.165) is 22.3 Å². The SMILES string of the molecule is Cc1ccc(C)c(Cn2ccn3nc(-c4ccccc4)c(CO)c3c2=O)c1. The minimum atomic E-state index is -0.240. The van der Waals surface area contributed by atoms with Gasteiger partial charge in [0.1, 0.15) is 5.52 Å². The first-order valence-corrected chi connectivity index (χ1v) is 8.91. The van der Waals surface area contributed by atoms with Crippen molar-refractivity contribution in [1.82, 2.24) is 14.2 Å². The average molecular weight is 359 g/mol. The van der Waals surface area contributed by atoms with Gasteiger partial charge >= 0.3 is 0 Å². The highest BCUT2D eigenvalue weighted by atomic mass is 16.3. The van der Waals surface area contributed by atoms with Gasteiger partial charge in [-0.25, -0.2) is 4.52 Å². The molecule has 0 aliphatic rings. The summed E-state index contributed by atoms with van der Waals surface area (Å²) in [6, 6.07) is 15.8. The van der Waals surface area contributed by atoms with Crippen LogP contribution < -0.4 is 5.56 Å². The predicted molar refractivity (Wildman–Crippen MR) is 106 cm³/mol. The van der Waals surface area contributed by atoms with Crippen LogP contribution in [0, 0.1) is 13.8 Å². The molecule has 5 nitrogen and oxygen atoms in total. The monoisotopic (exact) mass is 359 g/mol. The highest BCUT2D eigenvalue weighted by Gasteiger charge is 2.17. The van der Waals surface area contributed by atoms with Gasteiger partial charge in [0, 0.05) is 23.5 Å². The average Bonchev–Trinajstić information content (AvgIpc) is 3.07. The molecular formula is C22H21N3O2. The lowest BCUT2D eigenvalue weighted by molar-refractivity contribution is 0.283. The van der Waals surface area contributed by atoms with E-state index in [0.29, 0.717) is 23.3 Å². The van der Waals surface area contributed by atoms with Crippen molar-refractivity contribution in [1.29, 1.82) is 0 Å². The number of nitrogens with zero attached hydrogens (tertiary/aromatic N) is 3. The third kappa shape index (κ3) is 3.06. The maximum atomic E-state index is 13.1. The topological polar surface area (TPSA) is 59.5 Å². The summed E-state index contributed by atoms with van der Waals surface area (Å²) in [5.74, 6) is 0. The van der Waals surface area contributed by atoms with Crippen molar-refractivity contribution in [2.24, 2.45) is 0 Å². The van der Waals surface area contributed by atoms with Gasteiger partial charge in [-0.15, -0.1) is 0 Å². The van der Waals surface area contributed by atoms with E-state index in [1.165, 1.54) is 0 Å². The fraction of sp³-hybridized carbons (Fsp3) is 0.182. The largest absolute Gasteiger partial charge is 0.392 e. The molecule has 136 valence electrons. The summed E-state index contributed by atoms with van der Waals surface area (Å²) in [5.41, 5.74) is 5.76. The fourth-order valence-electron chi connectivity index (χ4n) is 3.41. The lowest BCUT2D eigenvalue weighted by Gasteiger charge is -2.10. The molecule has 0 bridgehead atoms. The van der Waals surface area contributed by atoms with Gasteiger partial charge in [-0.1, -0.05) is 54.1 Å². The first-order valence-electron chi connectivity index (χ1n) is 8.91. The fourth-order valence-corrected chi connectivity index (χ4v) is 3.41.